The van der Waals surface area contributed by atoms with Gasteiger partial charge in [0.2, 0.25) is 5.89 Å². The number of oxazole rings is 1. The molecular weight excluding hydrogens is 228 g/mol. The fourth-order valence-electron chi connectivity index (χ4n) is 1.63. The van der Waals surface area contributed by atoms with Crippen LogP contribution < -0.4 is 10.1 Å². The summed E-state index contributed by atoms with van der Waals surface area (Å²) in [5.74, 6) is 2.33. The maximum Gasteiger partial charge on any atom is 0.211 e. The van der Waals surface area contributed by atoms with Gasteiger partial charge in [-0.2, -0.15) is 0 Å². The molecule has 1 N–H and O–H groups in total. The summed E-state index contributed by atoms with van der Waals surface area (Å²) in [5.41, 5.74) is 1.00. The molecule has 1 aromatic heterocycles. The van der Waals surface area contributed by atoms with E-state index in [4.69, 9.17) is 9.15 Å². The third kappa shape index (κ3) is 2.71. The lowest BCUT2D eigenvalue weighted by Gasteiger charge is -2.04. The molecule has 2 aromatic rings. The Bertz CT molecular complexity index is 491. The number of hydrogen-bond acceptors (Lipinski definition) is 4. The molecule has 0 saturated heterocycles. The highest BCUT2D eigenvalue weighted by Gasteiger charge is 2.11. The zero-order valence-electron chi connectivity index (χ0n) is 10.9. The van der Waals surface area contributed by atoms with E-state index in [-0.39, 0.29) is 6.04 Å². The van der Waals surface area contributed by atoms with Crippen molar-refractivity contribution < 1.29 is 9.15 Å². The summed E-state index contributed by atoms with van der Waals surface area (Å²) in [5, 5.41) is 3.10. The Balaban J connectivity index is 2.18. The summed E-state index contributed by atoms with van der Waals surface area (Å²) >= 11 is 0. The van der Waals surface area contributed by atoms with E-state index >= 15 is 0 Å². The Morgan fingerprint density at radius 3 is 2.67 bits per heavy atom. The Kier molecular flexibility index (Phi) is 3.99. The molecule has 0 bridgehead atoms. The van der Waals surface area contributed by atoms with Crippen molar-refractivity contribution in [2.24, 2.45) is 0 Å². The minimum absolute atomic E-state index is 0.112. The molecule has 0 aliphatic carbocycles. The minimum atomic E-state index is 0.112. The van der Waals surface area contributed by atoms with Crippen molar-refractivity contribution >= 4 is 0 Å². The van der Waals surface area contributed by atoms with Gasteiger partial charge in [0.1, 0.15) is 5.75 Å². The summed E-state index contributed by atoms with van der Waals surface area (Å²) in [6.45, 7) is 4.65. The number of aromatic nitrogens is 1. The van der Waals surface area contributed by atoms with Gasteiger partial charge in [-0.1, -0.05) is 0 Å². The normalized spacial score (nSPS) is 12.4. The molecule has 0 aliphatic heterocycles. The quantitative estimate of drug-likeness (QED) is 0.881. The first-order valence-electron chi connectivity index (χ1n) is 6.10. The Morgan fingerprint density at radius 2 is 2.06 bits per heavy atom. The average molecular weight is 246 g/mol. The molecule has 4 nitrogen and oxygen atoms in total. The maximum atomic E-state index is 5.71. The second-order valence-corrected chi connectivity index (χ2v) is 4.03. The van der Waals surface area contributed by atoms with Crippen molar-refractivity contribution in [1.29, 1.82) is 0 Å². The van der Waals surface area contributed by atoms with Crippen LogP contribution in [0.2, 0.25) is 0 Å². The average Bonchev–Trinajstić information content (AvgIpc) is 2.89. The molecule has 2 rings (SSSR count). The highest BCUT2D eigenvalue weighted by Crippen LogP contribution is 2.24. The van der Waals surface area contributed by atoms with Crippen LogP contribution in [0.3, 0.4) is 0 Å². The Morgan fingerprint density at radius 1 is 1.33 bits per heavy atom. The molecule has 0 amide bonds. The number of nitrogens with zero attached hydrogens (tertiary/aromatic N) is 1. The van der Waals surface area contributed by atoms with Gasteiger partial charge in [0, 0.05) is 5.56 Å². The van der Waals surface area contributed by atoms with E-state index in [1.807, 2.05) is 45.2 Å². The van der Waals surface area contributed by atoms with Gasteiger partial charge >= 0.3 is 0 Å². The number of rotatable bonds is 5. The van der Waals surface area contributed by atoms with Crippen LogP contribution in [0.25, 0.3) is 11.3 Å². The SMILES string of the molecule is CCOc1ccc(-c2cnc(C(C)NC)o2)cc1. The molecule has 0 saturated carbocycles. The van der Waals surface area contributed by atoms with Crippen LogP contribution in [0.5, 0.6) is 5.75 Å². The van der Waals surface area contributed by atoms with Gasteiger partial charge in [-0.3, -0.25) is 0 Å². The number of hydrogen-bond donors (Lipinski definition) is 1. The van der Waals surface area contributed by atoms with E-state index in [0.29, 0.717) is 12.5 Å². The van der Waals surface area contributed by atoms with Crippen LogP contribution >= 0.6 is 0 Å². The molecule has 0 fully saturated rings. The van der Waals surface area contributed by atoms with Gasteiger partial charge < -0.3 is 14.5 Å². The van der Waals surface area contributed by atoms with Crippen molar-refractivity contribution in [2.45, 2.75) is 19.9 Å². The lowest BCUT2D eigenvalue weighted by atomic mass is 10.2. The first-order valence-corrected chi connectivity index (χ1v) is 6.10. The van der Waals surface area contributed by atoms with E-state index in [1.165, 1.54) is 0 Å². The number of nitrogens with one attached hydrogen (secondary N) is 1. The van der Waals surface area contributed by atoms with Crippen LogP contribution in [0, 0.1) is 0 Å². The van der Waals surface area contributed by atoms with E-state index in [9.17, 15) is 0 Å². The molecule has 0 radical (unpaired) electrons. The predicted molar refractivity (Wildman–Crippen MR) is 70.6 cm³/mol. The highest BCUT2D eigenvalue weighted by molar-refractivity contribution is 5.57. The first-order chi connectivity index (χ1) is 8.74. The molecule has 96 valence electrons. The fraction of sp³-hybridized carbons (Fsp3) is 0.357. The van der Waals surface area contributed by atoms with E-state index in [2.05, 4.69) is 10.3 Å². The van der Waals surface area contributed by atoms with Gasteiger partial charge in [-0.05, 0) is 45.2 Å². The van der Waals surface area contributed by atoms with E-state index in [1.54, 1.807) is 6.20 Å². The fourth-order valence-corrected chi connectivity index (χ4v) is 1.63. The molecule has 1 heterocycles. The van der Waals surface area contributed by atoms with E-state index in [0.717, 1.165) is 17.1 Å². The first kappa shape index (κ1) is 12.6. The summed E-state index contributed by atoms with van der Waals surface area (Å²) < 4.78 is 11.1. The Labute approximate surface area is 107 Å². The summed E-state index contributed by atoms with van der Waals surface area (Å²) in [6, 6.07) is 7.92. The minimum Gasteiger partial charge on any atom is -0.494 e. The third-order valence-corrected chi connectivity index (χ3v) is 2.78. The molecule has 0 aliphatic rings. The van der Waals surface area contributed by atoms with Gasteiger partial charge in [0.05, 0.1) is 18.8 Å². The lowest BCUT2D eigenvalue weighted by molar-refractivity contribution is 0.340. The summed E-state index contributed by atoms with van der Waals surface area (Å²) in [4.78, 5) is 4.26. The predicted octanol–water partition coefficient (Wildman–Crippen LogP) is 3.02. The third-order valence-electron chi connectivity index (χ3n) is 2.78. The standard InChI is InChI=1S/C14H18N2O2/c1-4-17-12-7-5-11(6-8-12)13-9-16-14(18-13)10(2)15-3/h5-10,15H,4H2,1-3H3. The smallest absolute Gasteiger partial charge is 0.211 e. The van der Waals surface area contributed by atoms with Crippen molar-refractivity contribution in [1.82, 2.24) is 10.3 Å². The lowest BCUT2D eigenvalue weighted by Crippen LogP contribution is -2.12. The van der Waals surface area contributed by atoms with Crippen LogP contribution in [0.1, 0.15) is 25.8 Å². The monoisotopic (exact) mass is 246 g/mol. The van der Waals surface area contributed by atoms with Crippen LogP contribution in [0.4, 0.5) is 0 Å². The zero-order valence-corrected chi connectivity index (χ0v) is 10.9. The van der Waals surface area contributed by atoms with Gasteiger partial charge in [0.15, 0.2) is 5.76 Å². The maximum absolute atomic E-state index is 5.71. The summed E-state index contributed by atoms with van der Waals surface area (Å²) in [7, 11) is 1.88. The van der Waals surface area contributed by atoms with Gasteiger partial charge in [-0.25, -0.2) is 4.98 Å². The second-order valence-electron chi connectivity index (χ2n) is 4.03. The second kappa shape index (κ2) is 5.69. The van der Waals surface area contributed by atoms with Gasteiger partial charge in [0.25, 0.3) is 0 Å². The largest absolute Gasteiger partial charge is 0.494 e. The summed E-state index contributed by atoms with van der Waals surface area (Å²) in [6.07, 6.45) is 1.75. The van der Waals surface area contributed by atoms with Crippen LogP contribution in [-0.4, -0.2) is 18.6 Å². The highest BCUT2D eigenvalue weighted by atomic mass is 16.5. The van der Waals surface area contributed by atoms with Crippen molar-refractivity contribution in [3.8, 4) is 17.1 Å². The van der Waals surface area contributed by atoms with Crippen molar-refractivity contribution in [2.75, 3.05) is 13.7 Å². The van der Waals surface area contributed by atoms with Crippen LogP contribution in [0.15, 0.2) is 34.9 Å². The number of ether oxygens (including phenoxy) is 1. The molecule has 0 spiro atoms. The van der Waals surface area contributed by atoms with Crippen molar-refractivity contribution in [3.63, 3.8) is 0 Å². The van der Waals surface area contributed by atoms with Crippen LogP contribution in [-0.2, 0) is 0 Å². The van der Waals surface area contributed by atoms with E-state index < -0.39 is 0 Å². The molecule has 1 aromatic carbocycles. The van der Waals surface area contributed by atoms with Gasteiger partial charge in [-0.15, -0.1) is 0 Å². The molecule has 1 unspecified atom stereocenters. The van der Waals surface area contributed by atoms with Crippen molar-refractivity contribution in [3.05, 3.63) is 36.4 Å². The topological polar surface area (TPSA) is 47.3 Å². The molecule has 18 heavy (non-hydrogen) atoms. The number of benzene rings is 1. The Hall–Kier alpha value is -1.81. The molecular formula is C14H18N2O2. The zero-order chi connectivity index (χ0) is 13.0. The molecule has 1 atom stereocenters. The molecule has 4 heteroatoms.